The molecule has 3 rings (SSSR count). The van der Waals surface area contributed by atoms with Gasteiger partial charge in [0.15, 0.2) is 11.5 Å². The minimum Gasteiger partial charge on any atom is -0.355 e. The van der Waals surface area contributed by atoms with E-state index in [4.69, 9.17) is 4.52 Å². The van der Waals surface area contributed by atoms with Crippen LogP contribution in [0, 0.1) is 0 Å². The lowest BCUT2D eigenvalue weighted by Gasteiger charge is -2.03. The molecule has 0 atom stereocenters. The molecule has 0 aliphatic heterocycles. The molecule has 3 aromatic rings. The molecule has 2 aromatic carbocycles. The Morgan fingerprint density at radius 2 is 1.69 bits per heavy atom. The zero-order valence-corrected chi connectivity index (χ0v) is 15.5. The molecule has 0 aliphatic carbocycles. The molecule has 0 fully saturated rings. The van der Waals surface area contributed by atoms with Gasteiger partial charge in [-0.05, 0) is 23.8 Å². The zero-order valence-electron chi connectivity index (χ0n) is 15.5. The fourth-order valence-electron chi connectivity index (χ4n) is 2.40. The summed E-state index contributed by atoms with van der Waals surface area (Å²) in [5.41, 5.74) is 6.79. The van der Waals surface area contributed by atoms with Crippen LogP contribution in [0.15, 0.2) is 71.3 Å². The largest absolute Gasteiger partial charge is 0.355 e. The number of amides is 3. The summed E-state index contributed by atoms with van der Waals surface area (Å²) < 4.78 is 5.15. The summed E-state index contributed by atoms with van der Waals surface area (Å²) in [7, 11) is 0. The number of hydrazine groups is 1. The first-order valence-electron chi connectivity index (χ1n) is 8.69. The van der Waals surface area contributed by atoms with Gasteiger partial charge < -0.3 is 9.84 Å². The van der Waals surface area contributed by atoms with Crippen molar-refractivity contribution in [2.75, 3.05) is 5.32 Å². The maximum Gasteiger partial charge on any atom is 0.291 e. The Hall–Kier alpha value is -4.20. The molecule has 8 heteroatoms. The second-order valence-corrected chi connectivity index (χ2v) is 6.02. The van der Waals surface area contributed by atoms with Crippen LogP contribution >= 0.6 is 0 Å². The first kappa shape index (κ1) is 19.6. The van der Waals surface area contributed by atoms with Crippen molar-refractivity contribution in [3.63, 3.8) is 0 Å². The van der Waals surface area contributed by atoms with Crippen LogP contribution in [0.5, 0.6) is 0 Å². The van der Waals surface area contributed by atoms with E-state index in [2.05, 4.69) is 21.3 Å². The number of carbonyl (C=O) groups is 3. The maximum atomic E-state index is 12.1. The summed E-state index contributed by atoms with van der Waals surface area (Å²) in [4.78, 5) is 35.0. The molecule has 29 heavy (non-hydrogen) atoms. The molecule has 1 heterocycles. The standard InChI is InChI=1S/C21H18N4O4/c1-14(26)22-17-10-7-15(8-11-17)9-12-20(27)23-24-21(28)18-13-19(29-25-18)16-5-3-2-4-6-16/h2-13H,1H3,(H,22,26)(H,23,27)(H,24,28). The van der Waals surface area contributed by atoms with E-state index in [1.165, 1.54) is 19.1 Å². The maximum absolute atomic E-state index is 12.1. The number of benzene rings is 2. The summed E-state index contributed by atoms with van der Waals surface area (Å²) in [6.45, 7) is 1.42. The second kappa shape index (κ2) is 9.14. The average Bonchev–Trinajstić information content (AvgIpc) is 3.22. The third-order valence-electron chi connectivity index (χ3n) is 3.76. The highest BCUT2D eigenvalue weighted by atomic mass is 16.5. The predicted octanol–water partition coefficient (Wildman–Crippen LogP) is 2.77. The molecule has 0 aliphatic rings. The summed E-state index contributed by atoms with van der Waals surface area (Å²) >= 11 is 0. The number of carbonyl (C=O) groups excluding carboxylic acids is 3. The topological polar surface area (TPSA) is 113 Å². The van der Waals surface area contributed by atoms with Crippen LogP contribution in [0.1, 0.15) is 23.0 Å². The lowest BCUT2D eigenvalue weighted by atomic mass is 10.1. The number of rotatable bonds is 5. The van der Waals surface area contributed by atoms with Crippen LogP contribution in [0.2, 0.25) is 0 Å². The Kier molecular flexibility index (Phi) is 6.16. The van der Waals surface area contributed by atoms with E-state index >= 15 is 0 Å². The minimum absolute atomic E-state index is 0.0432. The highest BCUT2D eigenvalue weighted by Gasteiger charge is 2.13. The van der Waals surface area contributed by atoms with Crippen molar-refractivity contribution in [2.24, 2.45) is 0 Å². The van der Waals surface area contributed by atoms with Gasteiger partial charge in [-0.1, -0.05) is 47.6 Å². The van der Waals surface area contributed by atoms with E-state index in [0.29, 0.717) is 11.4 Å². The van der Waals surface area contributed by atoms with Crippen LogP contribution in [-0.2, 0) is 9.59 Å². The van der Waals surface area contributed by atoms with Gasteiger partial charge in [0.1, 0.15) is 0 Å². The Morgan fingerprint density at radius 1 is 0.966 bits per heavy atom. The van der Waals surface area contributed by atoms with Gasteiger partial charge in [-0.15, -0.1) is 0 Å². The fourth-order valence-corrected chi connectivity index (χ4v) is 2.40. The molecule has 8 nitrogen and oxygen atoms in total. The van der Waals surface area contributed by atoms with E-state index in [1.807, 2.05) is 30.3 Å². The lowest BCUT2D eigenvalue weighted by molar-refractivity contribution is -0.117. The van der Waals surface area contributed by atoms with Crippen LogP contribution in [-0.4, -0.2) is 22.9 Å². The third-order valence-corrected chi connectivity index (χ3v) is 3.76. The summed E-state index contributed by atoms with van der Waals surface area (Å²) in [6, 6.07) is 17.6. The molecule has 0 saturated carbocycles. The highest BCUT2D eigenvalue weighted by molar-refractivity contribution is 5.97. The van der Waals surface area contributed by atoms with Crippen molar-refractivity contribution < 1.29 is 18.9 Å². The van der Waals surface area contributed by atoms with Gasteiger partial charge in [-0.2, -0.15) is 0 Å². The smallest absolute Gasteiger partial charge is 0.291 e. The summed E-state index contributed by atoms with van der Waals surface area (Å²) in [5.74, 6) is -0.829. The van der Waals surface area contributed by atoms with E-state index in [0.717, 1.165) is 11.1 Å². The fraction of sp³-hybridized carbons (Fsp3) is 0.0476. The minimum atomic E-state index is -0.600. The van der Waals surface area contributed by atoms with E-state index in [-0.39, 0.29) is 11.6 Å². The molecule has 146 valence electrons. The SMILES string of the molecule is CC(=O)Nc1ccc(C=CC(=O)NNC(=O)c2cc(-c3ccccc3)on2)cc1. The van der Waals surface area contributed by atoms with Crippen LogP contribution < -0.4 is 16.2 Å². The van der Waals surface area contributed by atoms with Gasteiger partial charge in [0, 0.05) is 30.3 Å². The normalized spacial score (nSPS) is 10.5. The van der Waals surface area contributed by atoms with E-state index in [9.17, 15) is 14.4 Å². The number of nitrogens with one attached hydrogen (secondary N) is 3. The van der Waals surface area contributed by atoms with Crippen molar-refractivity contribution in [3.05, 3.63) is 78.0 Å². The highest BCUT2D eigenvalue weighted by Crippen LogP contribution is 2.19. The van der Waals surface area contributed by atoms with Gasteiger partial charge >= 0.3 is 0 Å². The number of hydrogen-bond acceptors (Lipinski definition) is 5. The predicted molar refractivity (Wildman–Crippen MR) is 107 cm³/mol. The molecule has 0 unspecified atom stereocenters. The molecule has 0 bridgehead atoms. The molecule has 0 radical (unpaired) electrons. The van der Waals surface area contributed by atoms with Crippen molar-refractivity contribution in [1.82, 2.24) is 16.0 Å². The molecule has 3 amide bonds. The Bertz CT molecular complexity index is 1040. The van der Waals surface area contributed by atoms with Crippen LogP contribution in [0.4, 0.5) is 5.69 Å². The van der Waals surface area contributed by atoms with Crippen molar-refractivity contribution in [3.8, 4) is 11.3 Å². The van der Waals surface area contributed by atoms with Crippen LogP contribution in [0.3, 0.4) is 0 Å². The molecular formula is C21H18N4O4. The first-order valence-corrected chi connectivity index (χ1v) is 8.69. The first-order chi connectivity index (χ1) is 14.0. The Labute approximate surface area is 166 Å². The lowest BCUT2D eigenvalue weighted by Crippen LogP contribution is -2.40. The Balaban J connectivity index is 1.51. The Morgan fingerprint density at radius 3 is 2.38 bits per heavy atom. The van der Waals surface area contributed by atoms with Gasteiger partial charge in [0.25, 0.3) is 11.8 Å². The summed E-state index contributed by atoms with van der Waals surface area (Å²) in [5, 5.41) is 6.36. The monoisotopic (exact) mass is 390 g/mol. The number of nitrogens with zero attached hydrogens (tertiary/aromatic N) is 1. The van der Waals surface area contributed by atoms with Crippen LogP contribution in [0.25, 0.3) is 17.4 Å². The molecular weight excluding hydrogens is 372 g/mol. The van der Waals surface area contributed by atoms with Crippen molar-refractivity contribution in [1.29, 1.82) is 0 Å². The van der Waals surface area contributed by atoms with Crippen molar-refractivity contribution >= 4 is 29.5 Å². The van der Waals surface area contributed by atoms with Gasteiger partial charge in [0.05, 0.1) is 0 Å². The average molecular weight is 390 g/mol. The molecule has 1 aromatic heterocycles. The summed E-state index contributed by atoms with van der Waals surface area (Å²) in [6.07, 6.45) is 2.84. The number of hydrogen-bond donors (Lipinski definition) is 3. The van der Waals surface area contributed by atoms with Gasteiger partial charge in [0.2, 0.25) is 5.91 Å². The van der Waals surface area contributed by atoms with Crippen molar-refractivity contribution in [2.45, 2.75) is 6.92 Å². The van der Waals surface area contributed by atoms with E-state index in [1.54, 1.807) is 30.3 Å². The quantitative estimate of drug-likeness (QED) is 0.458. The van der Waals surface area contributed by atoms with Gasteiger partial charge in [-0.25, -0.2) is 0 Å². The van der Waals surface area contributed by atoms with E-state index < -0.39 is 11.8 Å². The zero-order chi connectivity index (χ0) is 20.6. The number of anilines is 1. The molecule has 3 N–H and O–H groups in total. The second-order valence-electron chi connectivity index (χ2n) is 6.02. The van der Waals surface area contributed by atoms with Gasteiger partial charge in [-0.3, -0.25) is 25.2 Å². The third kappa shape index (κ3) is 5.64. The molecule has 0 spiro atoms. The molecule has 0 saturated heterocycles. The number of aromatic nitrogens is 1.